The molecule has 2 aromatic heterocycles. The van der Waals surface area contributed by atoms with Crippen LogP contribution in [-0.4, -0.2) is 43.4 Å². The highest BCUT2D eigenvalue weighted by Crippen LogP contribution is 2.31. The normalized spacial score (nSPS) is 20.3. The summed E-state index contributed by atoms with van der Waals surface area (Å²) in [7, 11) is 0. The van der Waals surface area contributed by atoms with Crippen molar-refractivity contribution >= 4 is 40.6 Å². The summed E-state index contributed by atoms with van der Waals surface area (Å²) in [5, 5.41) is 16.0. The molecule has 32 heavy (non-hydrogen) atoms. The second kappa shape index (κ2) is 8.73. The minimum Gasteiger partial charge on any atom is -0.384 e. The van der Waals surface area contributed by atoms with Crippen molar-refractivity contribution in [2.75, 3.05) is 11.9 Å². The van der Waals surface area contributed by atoms with Gasteiger partial charge in [-0.05, 0) is 36.8 Å². The van der Waals surface area contributed by atoms with Gasteiger partial charge in [0.2, 0.25) is 5.95 Å². The average Bonchev–Trinajstić information content (AvgIpc) is 3.21. The fourth-order valence-corrected chi connectivity index (χ4v) is 4.10. The van der Waals surface area contributed by atoms with E-state index in [0.717, 1.165) is 0 Å². The highest BCUT2D eigenvalue weighted by Gasteiger charge is 2.47. The molecule has 3 heterocycles. The summed E-state index contributed by atoms with van der Waals surface area (Å²) in [5.41, 5.74) is 12.1. The maximum absolute atomic E-state index is 11.8. The van der Waals surface area contributed by atoms with E-state index >= 15 is 0 Å². The van der Waals surface area contributed by atoms with E-state index in [2.05, 4.69) is 20.3 Å². The van der Waals surface area contributed by atoms with Gasteiger partial charge in [-0.2, -0.15) is 0 Å². The Balaban J connectivity index is 1.53. The van der Waals surface area contributed by atoms with E-state index in [1.807, 2.05) is 6.07 Å². The van der Waals surface area contributed by atoms with Crippen molar-refractivity contribution in [2.24, 2.45) is 16.5 Å². The van der Waals surface area contributed by atoms with Crippen LogP contribution in [0.3, 0.4) is 0 Å². The molecule has 1 aliphatic heterocycles. The lowest BCUT2D eigenvalue weighted by molar-refractivity contribution is -0.560. The molecule has 4 rings (SSSR count). The molecule has 5 N–H and O–H groups in total. The lowest BCUT2D eigenvalue weighted by atomic mass is 9.88. The summed E-state index contributed by atoms with van der Waals surface area (Å²) in [6.07, 6.45) is 5.86. The van der Waals surface area contributed by atoms with E-state index in [4.69, 9.17) is 34.7 Å². The molecule has 0 spiro atoms. The molecule has 166 valence electrons. The number of nitrogens with two attached hydrogens (primary N) is 2. The fourth-order valence-electron chi connectivity index (χ4n) is 3.59. The molecule has 0 amide bonds. The third-order valence-electron chi connectivity index (χ3n) is 5.32. The number of benzene rings is 1. The zero-order valence-electron chi connectivity index (χ0n) is 16.8. The number of halogens is 2. The van der Waals surface area contributed by atoms with E-state index in [9.17, 15) is 10.1 Å². The molecule has 3 aromatic rings. The number of aromatic nitrogens is 3. The molecular formula is C20H20Cl2N8O2. The maximum Gasteiger partial charge on any atom is 0.275 e. The monoisotopic (exact) mass is 474 g/mol. The molecule has 2 atom stereocenters. The fraction of sp³-hybridized carbons (Fsp3) is 0.250. The second-order valence-corrected chi connectivity index (χ2v) is 8.20. The van der Waals surface area contributed by atoms with Gasteiger partial charge in [0.15, 0.2) is 6.17 Å². The number of nitrogens with one attached hydrogen (secondary N) is 1. The number of aliphatic imine (C=N–C) groups is 1. The first-order valence-corrected chi connectivity index (χ1v) is 10.5. The summed E-state index contributed by atoms with van der Waals surface area (Å²) in [5.74, 6) is 0.708. The predicted molar refractivity (Wildman–Crippen MR) is 125 cm³/mol. The first-order valence-electron chi connectivity index (χ1n) is 9.76. The molecule has 1 aliphatic rings. The van der Waals surface area contributed by atoms with Gasteiger partial charge >= 0.3 is 0 Å². The Morgan fingerprint density at radius 3 is 2.84 bits per heavy atom. The topological polar surface area (TPSA) is 150 Å². The standard InChI is InChI=1S/C20H20Cl2N8O2/c21-12-2-3-13(14(22)10-12)15-11-17-25-8-9-29(17)19(27-15)26-7-1-5-20(30(31)32)6-4-16(23)28-18(20)24/h2-4,6,8-11,18H,1,5,7,24H2,(H2,23,28)(H,26,27). The number of anilines is 1. The molecule has 0 aliphatic carbocycles. The quantitative estimate of drug-likeness (QED) is 0.270. The Morgan fingerprint density at radius 1 is 1.31 bits per heavy atom. The Bertz CT molecular complexity index is 1240. The van der Waals surface area contributed by atoms with Crippen LogP contribution in [0.2, 0.25) is 10.0 Å². The van der Waals surface area contributed by atoms with Crippen LogP contribution in [0.25, 0.3) is 16.9 Å². The number of dihydropyridines is 1. The van der Waals surface area contributed by atoms with Crippen LogP contribution in [0.15, 0.2) is 53.8 Å². The van der Waals surface area contributed by atoms with Gasteiger partial charge in [-0.1, -0.05) is 23.2 Å². The predicted octanol–water partition coefficient (Wildman–Crippen LogP) is 3.12. The molecule has 0 fully saturated rings. The molecular weight excluding hydrogens is 455 g/mol. The summed E-state index contributed by atoms with van der Waals surface area (Å²) in [6.45, 7) is 0.410. The third-order valence-corrected chi connectivity index (χ3v) is 5.86. The van der Waals surface area contributed by atoms with Crippen LogP contribution >= 0.6 is 23.2 Å². The lowest BCUT2D eigenvalue weighted by Gasteiger charge is -2.28. The number of nitrogens with zero attached hydrogens (tertiary/aromatic N) is 5. The van der Waals surface area contributed by atoms with Gasteiger partial charge < -0.3 is 16.8 Å². The van der Waals surface area contributed by atoms with Crippen molar-refractivity contribution in [1.82, 2.24) is 14.4 Å². The highest BCUT2D eigenvalue weighted by molar-refractivity contribution is 6.36. The number of fused-ring (bicyclic) bond motifs is 1. The van der Waals surface area contributed by atoms with Crippen molar-refractivity contribution in [3.8, 4) is 11.3 Å². The Hall–Kier alpha value is -3.21. The molecule has 1 aromatic carbocycles. The number of imidazole rings is 1. The second-order valence-electron chi connectivity index (χ2n) is 7.36. The van der Waals surface area contributed by atoms with Crippen molar-refractivity contribution in [3.63, 3.8) is 0 Å². The zero-order chi connectivity index (χ0) is 22.9. The van der Waals surface area contributed by atoms with E-state index in [-0.39, 0.29) is 12.3 Å². The van der Waals surface area contributed by atoms with E-state index < -0.39 is 16.6 Å². The number of hydrogen-bond acceptors (Lipinski definition) is 8. The maximum atomic E-state index is 11.8. The van der Waals surface area contributed by atoms with Gasteiger partial charge in [0.1, 0.15) is 11.5 Å². The number of hydrogen-bond donors (Lipinski definition) is 3. The van der Waals surface area contributed by atoms with Gasteiger partial charge in [-0.25, -0.2) is 15.0 Å². The van der Waals surface area contributed by atoms with Crippen LogP contribution in [0.1, 0.15) is 12.8 Å². The first kappa shape index (κ1) is 22.0. The van der Waals surface area contributed by atoms with E-state index in [1.54, 1.807) is 35.0 Å². The Labute approximate surface area is 193 Å². The Morgan fingerprint density at radius 2 is 2.12 bits per heavy atom. The molecule has 10 nitrogen and oxygen atoms in total. The number of rotatable bonds is 7. The number of amidine groups is 1. The minimum atomic E-state index is -1.50. The van der Waals surface area contributed by atoms with Crippen LogP contribution in [0.4, 0.5) is 5.95 Å². The summed E-state index contributed by atoms with van der Waals surface area (Å²) >= 11 is 12.4. The lowest BCUT2D eigenvalue weighted by Crippen LogP contribution is -2.54. The summed E-state index contributed by atoms with van der Waals surface area (Å²) < 4.78 is 1.79. The SMILES string of the molecule is NC1=NC(N)C(CCCNc2nc(-c3ccc(Cl)cc3Cl)cc3nccn23)([N+](=O)[O-])C=C1. The van der Waals surface area contributed by atoms with Gasteiger partial charge in [0, 0.05) is 46.9 Å². The summed E-state index contributed by atoms with van der Waals surface area (Å²) in [6, 6.07) is 6.99. The molecule has 12 heteroatoms. The molecule has 0 saturated carbocycles. The highest BCUT2D eigenvalue weighted by atomic mass is 35.5. The van der Waals surface area contributed by atoms with Gasteiger partial charge in [0.25, 0.3) is 5.54 Å². The van der Waals surface area contributed by atoms with Crippen molar-refractivity contribution < 1.29 is 4.92 Å². The molecule has 0 bridgehead atoms. The Kier molecular flexibility index (Phi) is 6.00. The third kappa shape index (κ3) is 4.12. The van der Waals surface area contributed by atoms with Gasteiger partial charge in [-0.3, -0.25) is 14.5 Å². The van der Waals surface area contributed by atoms with Gasteiger partial charge in [-0.15, -0.1) is 0 Å². The molecule has 2 unspecified atom stereocenters. The smallest absolute Gasteiger partial charge is 0.275 e. The van der Waals surface area contributed by atoms with Gasteiger partial charge in [0.05, 0.1) is 10.7 Å². The van der Waals surface area contributed by atoms with Crippen LogP contribution in [0, 0.1) is 10.1 Å². The largest absolute Gasteiger partial charge is 0.384 e. The van der Waals surface area contributed by atoms with Crippen molar-refractivity contribution in [2.45, 2.75) is 24.5 Å². The number of nitro groups is 1. The van der Waals surface area contributed by atoms with Crippen LogP contribution in [0.5, 0.6) is 0 Å². The van der Waals surface area contributed by atoms with Crippen LogP contribution < -0.4 is 16.8 Å². The van der Waals surface area contributed by atoms with E-state index in [0.29, 0.717) is 45.9 Å². The van der Waals surface area contributed by atoms with Crippen molar-refractivity contribution in [3.05, 3.63) is 69.0 Å². The van der Waals surface area contributed by atoms with E-state index in [1.165, 1.54) is 12.2 Å². The van der Waals surface area contributed by atoms with Crippen molar-refractivity contribution in [1.29, 1.82) is 0 Å². The first-order chi connectivity index (χ1) is 15.3. The zero-order valence-corrected chi connectivity index (χ0v) is 18.3. The van der Waals surface area contributed by atoms with Crippen LogP contribution in [-0.2, 0) is 0 Å². The molecule has 0 saturated heterocycles. The average molecular weight is 475 g/mol. The minimum absolute atomic E-state index is 0.178. The molecule has 0 radical (unpaired) electrons. The summed E-state index contributed by atoms with van der Waals surface area (Å²) in [4.78, 5) is 24.3.